The molecule has 0 aromatic carbocycles. The molecule has 0 atom stereocenters. The molecule has 8 nitrogen and oxygen atoms in total. The lowest BCUT2D eigenvalue weighted by Crippen LogP contribution is -2.35. The van der Waals surface area contributed by atoms with E-state index in [1.807, 2.05) is 13.8 Å². The fourth-order valence-corrected chi connectivity index (χ4v) is 4.33. The van der Waals surface area contributed by atoms with Gasteiger partial charge < -0.3 is 15.0 Å². The van der Waals surface area contributed by atoms with Gasteiger partial charge in [0.25, 0.3) is 5.91 Å². The van der Waals surface area contributed by atoms with Crippen LogP contribution in [0.1, 0.15) is 46.0 Å². The highest BCUT2D eigenvalue weighted by Gasteiger charge is 2.28. The molecule has 142 valence electrons. The molecule has 0 bridgehead atoms. The third-order valence-electron chi connectivity index (χ3n) is 4.36. The SMILES string of the molecule is CCOC(=O)N1CCc2c(sc(NC(=O)c3cc(C)nn3CC)c2C#N)C1. The van der Waals surface area contributed by atoms with Crippen LogP contribution >= 0.6 is 11.3 Å². The number of ether oxygens (including phenoxy) is 1. The van der Waals surface area contributed by atoms with Gasteiger partial charge in [-0.25, -0.2) is 4.79 Å². The smallest absolute Gasteiger partial charge is 0.410 e. The van der Waals surface area contributed by atoms with Gasteiger partial charge >= 0.3 is 6.09 Å². The molecule has 0 spiro atoms. The normalized spacial score (nSPS) is 13.0. The van der Waals surface area contributed by atoms with E-state index in [1.54, 1.807) is 22.6 Å². The standard InChI is InChI=1S/C18H21N5O3S/c1-4-23-14(8-11(3)21-23)16(24)20-17-13(9-19)12-6-7-22(10-15(12)27-17)18(25)26-5-2/h8H,4-7,10H2,1-3H3,(H,20,24). The van der Waals surface area contributed by atoms with Gasteiger partial charge in [-0.2, -0.15) is 10.4 Å². The second-order valence-electron chi connectivity index (χ2n) is 6.13. The highest BCUT2D eigenvalue weighted by Crippen LogP contribution is 2.37. The van der Waals surface area contributed by atoms with Gasteiger partial charge in [-0.3, -0.25) is 9.48 Å². The third-order valence-corrected chi connectivity index (χ3v) is 5.49. The Labute approximate surface area is 161 Å². The van der Waals surface area contributed by atoms with Crippen LogP contribution in [0.2, 0.25) is 0 Å². The highest BCUT2D eigenvalue weighted by atomic mass is 32.1. The van der Waals surface area contributed by atoms with E-state index in [4.69, 9.17) is 4.74 Å². The van der Waals surface area contributed by atoms with E-state index in [0.29, 0.717) is 48.9 Å². The molecular weight excluding hydrogens is 366 g/mol. The molecule has 0 saturated heterocycles. The Hall–Kier alpha value is -2.86. The lowest BCUT2D eigenvalue weighted by molar-refractivity contribution is 0.101. The van der Waals surface area contributed by atoms with Crippen molar-refractivity contribution in [2.24, 2.45) is 0 Å². The molecule has 27 heavy (non-hydrogen) atoms. The van der Waals surface area contributed by atoms with Gasteiger partial charge in [0.2, 0.25) is 0 Å². The first kappa shape index (κ1) is 18.9. The van der Waals surface area contributed by atoms with E-state index < -0.39 is 0 Å². The summed E-state index contributed by atoms with van der Waals surface area (Å²) in [6.45, 7) is 7.29. The van der Waals surface area contributed by atoms with Crippen LogP contribution in [-0.2, 0) is 24.2 Å². The van der Waals surface area contributed by atoms with E-state index in [9.17, 15) is 14.9 Å². The van der Waals surface area contributed by atoms with E-state index >= 15 is 0 Å². The van der Waals surface area contributed by atoms with Crippen LogP contribution < -0.4 is 5.32 Å². The number of nitriles is 1. The number of aryl methyl sites for hydroxylation is 2. The van der Waals surface area contributed by atoms with Crippen molar-refractivity contribution in [2.75, 3.05) is 18.5 Å². The Morgan fingerprint density at radius 3 is 2.89 bits per heavy atom. The molecule has 9 heteroatoms. The maximum absolute atomic E-state index is 12.7. The average molecular weight is 387 g/mol. The van der Waals surface area contributed by atoms with E-state index in [1.165, 1.54) is 11.3 Å². The molecule has 1 aliphatic rings. The number of anilines is 1. The van der Waals surface area contributed by atoms with Gasteiger partial charge in [0.15, 0.2) is 0 Å². The maximum Gasteiger partial charge on any atom is 0.410 e. The van der Waals surface area contributed by atoms with Crippen molar-refractivity contribution in [1.82, 2.24) is 14.7 Å². The number of thiophene rings is 1. The van der Waals surface area contributed by atoms with Crippen molar-refractivity contribution in [2.45, 2.75) is 40.3 Å². The van der Waals surface area contributed by atoms with Crippen LogP contribution in [-0.4, -0.2) is 39.8 Å². The number of hydrogen-bond donors (Lipinski definition) is 1. The molecular formula is C18H21N5O3S. The van der Waals surface area contributed by atoms with Gasteiger partial charge in [0.1, 0.15) is 16.8 Å². The maximum atomic E-state index is 12.7. The molecule has 2 aromatic heterocycles. The van der Waals surface area contributed by atoms with Crippen LogP contribution in [0.4, 0.5) is 9.80 Å². The fourth-order valence-electron chi connectivity index (χ4n) is 3.12. The van der Waals surface area contributed by atoms with Crippen molar-refractivity contribution in [3.63, 3.8) is 0 Å². The molecule has 0 unspecified atom stereocenters. The minimum atomic E-state index is -0.358. The minimum Gasteiger partial charge on any atom is -0.450 e. The highest BCUT2D eigenvalue weighted by molar-refractivity contribution is 7.16. The minimum absolute atomic E-state index is 0.296. The molecule has 2 amide bonds. The molecule has 0 aliphatic carbocycles. The van der Waals surface area contributed by atoms with Gasteiger partial charge in [0, 0.05) is 18.0 Å². The number of carbonyl (C=O) groups is 2. The number of nitrogens with zero attached hydrogens (tertiary/aromatic N) is 4. The van der Waals surface area contributed by atoms with E-state index in [-0.39, 0.29) is 12.0 Å². The van der Waals surface area contributed by atoms with Crippen LogP contribution in [0.25, 0.3) is 0 Å². The number of aromatic nitrogens is 2. The molecule has 0 fully saturated rings. The summed E-state index contributed by atoms with van der Waals surface area (Å²) < 4.78 is 6.69. The Kier molecular flexibility index (Phi) is 5.46. The zero-order chi connectivity index (χ0) is 19.6. The molecule has 1 N–H and O–H groups in total. The second-order valence-corrected chi connectivity index (χ2v) is 7.24. The fraction of sp³-hybridized carbons (Fsp3) is 0.444. The topological polar surface area (TPSA) is 100 Å². The molecule has 0 radical (unpaired) electrons. The van der Waals surface area contributed by atoms with E-state index in [2.05, 4.69) is 16.5 Å². The Bertz CT molecular complexity index is 924. The average Bonchev–Trinajstić information content (AvgIpc) is 3.20. The number of hydrogen-bond acceptors (Lipinski definition) is 6. The van der Waals surface area contributed by atoms with Crippen molar-refractivity contribution >= 4 is 28.3 Å². The van der Waals surface area contributed by atoms with Gasteiger partial charge in [-0.1, -0.05) is 0 Å². The van der Waals surface area contributed by atoms with Crippen LogP contribution in [0.3, 0.4) is 0 Å². The summed E-state index contributed by atoms with van der Waals surface area (Å²) in [6, 6.07) is 3.93. The molecule has 3 heterocycles. The summed E-state index contributed by atoms with van der Waals surface area (Å²) in [5.41, 5.74) is 2.60. The Morgan fingerprint density at radius 1 is 1.44 bits per heavy atom. The van der Waals surface area contributed by atoms with Crippen molar-refractivity contribution in [1.29, 1.82) is 5.26 Å². The number of fused-ring (bicyclic) bond motifs is 1. The van der Waals surface area contributed by atoms with Gasteiger partial charge in [-0.15, -0.1) is 11.3 Å². The molecule has 0 saturated carbocycles. The van der Waals surface area contributed by atoms with Gasteiger partial charge in [-0.05, 0) is 38.8 Å². The van der Waals surface area contributed by atoms with E-state index in [0.717, 1.165) is 16.1 Å². The van der Waals surface area contributed by atoms with Crippen molar-refractivity contribution in [3.8, 4) is 6.07 Å². The third kappa shape index (κ3) is 3.66. The first-order valence-corrected chi connectivity index (χ1v) is 9.62. The van der Waals surface area contributed by atoms with Crippen LogP contribution in [0.15, 0.2) is 6.07 Å². The number of amides is 2. The zero-order valence-electron chi connectivity index (χ0n) is 15.5. The first-order chi connectivity index (χ1) is 13.0. The summed E-state index contributed by atoms with van der Waals surface area (Å²) in [6.07, 6.45) is 0.207. The Balaban J connectivity index is 1.84. The number of rotatable bonds is 4. The lowest BCUT2D eigenvalue weighted by atomic mass is 10.0. The number of carbonyl (C=O) groups excluding carboxylic acids is 2. The predicted molar refractivity (Wildman–Crippen MR) is 101 cm³/mol. The number of nitrogens with one attached hydrogen (secondary N) is 1. The Morgan fingerprint density at radius 2 is 2.22 bits per heavy atom. The summed E-state index contributed by atoms with van der Waals surface area (Å²) in [5, 5.41) is 17.2. The molecule has 2 aromatic rings. The quantitative estimate of drug-likeness (QED) is 0.869. The predicted octanol–water partition coefficient (Wildman–Crippen LogP) is 2.91. The van der Waals surface area contributed by atoms with Crippen molar-refractivity contribution < 1.29 is 14.3 Å². The lowest BCUT2D eigenvalue weighted by Gasteiger charge is -2.25. The summed E-state index contributed by atoms with van der Waals surface area (Å²) in [5.74, 6) is -0.296. The van der Waals surface area contributed by atoms with Crippen LogP contribution in [0, 0.1) is 18.3 Å². The summed E-state index contributed by atoms with van der Waals surface area (Å²) >= 11 is 1.34. The van der Waals surface area contributed by atoms with Gasteiger partial charge in [0.05, 0.1) is 24.4 Å². The summed E-state index contributed by atoms with van der Waals surface area (Å²) in [4.78, 5) is 27.2. The van der Waals surface area contributed by atoms with Crippen LogP contribution in [0.5, 0.6) is 0 Å². The summed E-state index contributed by atoms with van der Waals surface area (Å²) in [7, 11) is 0. The largest absolute Gasteiger partial charge is 0.450 e. The second kappa shape index (κ2) is 7.80. The first-order valence-electron chi connectivity index (χ1n) is 8.80. The van der Waals surface area contributed by atoms with Crippen molar-refractivity contribution in [3.05, 3.63) is 33.5 Å². The molecule has 1 aliphatic heterocycles. The molecule has 3 rings (SSSR count). The monoisotopic (exact) mass is 387 g/mol. The zero-order valence-corrected chi connectivity index (χ0v) is 16.4.